The van der Waals surface area contributed by atoms with E-state index >= 15 is 0 Å². The number of nitrogens with two attached hydrogens (primary N) is 1. The van der Waals surface area contributed by atoms with E-state index in [1.807, 2.05) is 55.5 Å². The highest BCUT2D eigenvalue weighted by Gasteiger charge is 2.16. The Kier molecular flexibility index (Phi) is 5.11. The fourth-order valence-corrected chi connectivity index (χ4v) is 2.65. The van der Waals surface area contributed by atoms with Crippen LogP contribution in [0.4, 0.5) is 11.4 Å². The van der Waals surface area contributed by atoms with E-state index in [2.05, 4.69) is 5.32 Å². The zero-order valence-corrected chi connectivity index (χ0v) is 12.8. The van der Waals surface area contributed by atoms with Gasteiger partial charge in [-0.3, -0.25) is 4.79 Å². The Bertz CT molecular complexity index is 614. The summed E-state index contributed by atoms with van der Waals surface area (Å²) in [6, 6.07) is 14.8. The first-order valence-electron chi connectivity index (χ1n) is 6.56. The molecule has 4 nitrogen and oxygen atoms in total. The van der Waals surface area contributed by atoms with Gasteiger partial charge in [-0.25, -0.2) is 0 Å². The van der Waals surface area contributed by atoms with Gasteiger partial charge in [0.15, 0.2) is 0 Å². The Morgan fingerprint density at radius 3 is 2.52 bits per heavy atom. The number of carbonyl (C=O) groups excluding carboxylic acids is 1. The first kappa shape index (κ1) is 15.3. The van der Waals surface area contributed by atoms with Gasteiger partial charge in [0, 0.05) is 10.6 Å². The molecule has 110 valence electrons. The van der Waals surface area contributed by atoms with Crippen molar-refractivity contribution in [3.05, 3.63) is 48.5 Å². The molecule has 0 aliphatic carbocycles. The average Bonchev–Trinajstić information content (AvgIpc) is 2.50. The molecule has 1 unspecified atom stereocenters. The minimum atomic E-state index is -0.224. The zero-order chi connectivity index (χ0) is 15.2. The molecule has 2 aromatic rings. The third-order valence-electron chi connectivity index (χ3n) is 2.93. The number of nitrogen functional groups attached to an aromatic ring is 1. The molecule has 0 saturated carbocycles. The summed E-state index contributed by atoms with van der Waals surface area (Å²) in [4.78, 5) is 13.2. The molecule has 1 atom stereocenters. The average molecular weight is 302 g/mol. The van der Waals surface area contributed by atoms with E-state index in [9.17, 15) is 4.79 Å². The number of thioether (sulfide) groups is 1. The van der Waals surface area contributed by atoms with E-state index in [4.69, 9.17) is 10.5 Å². The lowest BCUT2D eigenvalue weighted by Gasteiger charge is -2.14. The van der Waals surface area contributed by atoms with Gasteiger partial charge in [0.05, 0.1) is 18.0 Å². The SMILES string of the molecule is COc1ccccc1NC(=O)C(C)Sc1ccc(N)cc1. The zero-order valence-electron chi connectivity index (χ0n) is 12.0. The molecule has 0 bridgehead atoms. The summed E-state index contributed by atoms with van der Waals surface area (Å²) in [6.07, 6.45) is 0. The Balaban J connectivity index is 2.01. The molecule has 5 heteroatoms. The van der Waals surface area contributed by atoms with E-state index in [-0.39, 0.29) is 11.2 Å². The van der Waals surface area contributed by atoms with E-state index in [1.165, 1.54) is 11.8 Å². The van der Waals surface area contributed by atoms with Crippen molar-refractivity contribution < 1.29 is 9.53 Å². The maximum absolute atomic E-state index is 12.2. The summed E-state index contributed by atoms with van der Waals surface area (Å²) >= 11 is 1.48. The first-order chi connectivity index (χ1) is 10.1. The van der Waals surface area contributed by atoms with E-state index in [0.717, 1.165) is 4.90 Å². The van der Waals surface area contributed by atoms with Crippen LogP contribution in [0.3, 0.4) is 0 Å². The summed E-state index contributed by atoms with van der Waals surface area (Å²) in [5, 5.41) is 2.66. The molecular weight excluding hydrogens is 284 g/mol. The lowest BCUT2D eigenvalue weighted by atomic mass is 10.3. The molecule has 2 rings (SSSR count). The van der Waals surface area contributed by atoms with Crippen molar-refractivity contribution in [2.45, 2.75) is 17.1 Å². The van der Waals surface area contributed by atoms with Gasteiger partial charge in [0.25, 0.3) is 0 Å². The molecule has 0 aliphatic heterocycles. The molecule has 2 aromatic carbocycles. The van der Waals surface area contributed by atoms with Crippen LogP contribution < -0.4 is 15.8 Å². The van der Waals surface area contributed by atoms with Gasteiger partial charge < -0.3 is 15.8 Å². The van der Waals surface area contributed by atoms with E-state index in [1.54, 1.807) is 7.11 Å². The minimum absolute atomic E-state index is 0.0682. The van der Waals surface area contributed by atoms with Gasteiger partial charge in [-0.2, -0.15) is 0 Å². The number of rotatable bonds is 5. The van der Waals surface area contributed by atoms with Crippen molar-refractivity contribution in [1.29, 1.82) is 0 Å². The monoisotopic (exact) mass is 302 g/mol. The van der Waals surface area contributed by atoms with Crippen LogP contribution in [0.2, 0.25) is 0 Å². The summed E-state index contributed by atoms with van der Waals surface area (Å²) in [6.45, 7) is 1.87. The Morgan fingerprint density at radius 1 is 1.19 bits per heavy atom. The standard InChI is InChI=1S/C16H18N2O2S/c1-11(21-13-9-7-12(17)8-10-13)16(19)18-14-5-3-4-6-15(14)20-2/h3-11H,17H2,1-2H3,(H,18,19). The van der Waals surface area contributed by atoms with Gasteiger partial charge in [-0.1, -0.05) is 12.1 Å². The van der Waals surface area contributed by atoms with E-state index < -0.39 is 0 Å². The van der Waals surface area contributed by atoms with Gasteiger partial charge >= 0.3 is 0 Å². The number of carbonyl (C=O) groups is 1. The minimum Gasteiger partial charge on any atom is -0.495 e. The number of amides is 1. The summed E-state index contributed by atoms with van der Waals surface area (Å²) in [5.41, 5.74) is 7.04. The number of benzene rings is 2. The number of anilines is 2. The maximum atomic E-state index is 12.2. The fourth-order valence-electron chi connectivity index (χ4n) is 1.79. The molecule has 0 aromatic heterocycles. The van der Waals surface area contributed by atoms with Gasteiger partial charge in [0.1, 0.15) is 5.75 Å². The van der Waals surface area contributed by atoms with Gasteiger partial charge in [0.2, 0.25) is 5.91 Å². The van der Waals surface area contributed by atoms with Crippen LogP contribution in [0.5, 0.6) is 5.75 Å². The molecule has 0 heterocycles. The van der Waals surface area contributed by atoms with Crippen molar-refractivity contribution >= 4 is 29.0 Å². The number of methoxy groups -OCH3 is 1. The molecule has 0 spiro atoms. The van der Waals surface area contributed by atoms with Gasteiger partial charge in [-0.05, 0) is 43.3 Å². The number of hydrogen-bond donors (Lipinski definition) is 2. The predicted molar refractivity (Wildman–Crippen MR) is 87.8 cm³/mol. The highest BCUT2D eigenvalue weighted by molar-refractivity contribution is 8.00. The Hall–Kier alpha value is -2.14. The highest BCUT2D eigenvalue weighted by Crippen LogP contribution is 2.27. The number of ether oxygens (including phenoxy) is 1. The van der Waals surface area contributed by atoms with Crippen LogP contribution in [-0.2, 0) is 4.79 Å². The molecule has 0 saturated heterocycles. The summed E-state index contributed by atoms with van der Waals surface area (Å²) in [5.74, 6) is 0.580. The Labute approximate surface area is 128 Å². The predicted octanol–water partition coefficient (Wildman–Crippen LogP) is 3.40. The first-order valence-corrected chi connectivity index (χ1v) is 7.44. The number of nitrogens with one attached hydrogen (secondary N) is 1. The highest BCUT2D eigenvalue weighted by atomic mass is 32.2. The summed E-state index contributed by atoms with van der Waals surface area (Å²) < 4.78 is 5.22. The van der Waals surface area contributed by atoms with Crippen LogP contribution in [0.1, 0.15) is 6.92 Å². The topological polar surface area (TPSA) is 64.3 Å². The summed E-state index contributed by atoms with van der Waals surface area (Å²) in [7, 11) is 1.58. The normalized spacial score (nSPS) is 11.7. The maximum Gasteiger partial charge on any atom is 0.237 e. The van der Waals surface area contributed by atoms with Crippen LogP contribution in [0, 0.1) is 0 Å². The number of para-hydroxylation sites is 2. The number of hydrogen-bond acceptors (Lipinski definition) is 4. The Morgan fingerprint density at radius 2 is 1.86 bits per heavy atom. The third-order valence-corrected chi connectivity index (χ3v) is 4.04. The lowest BCUT2D eigenvalue weighted by molar-refractivity contribution is -0.115. The van der Waals surface area contributed by atoms with Gasteiger partial charge in [-0.15, -0.1) is 11.8 Å². The largest absolute Gasteiger partial charge is 0.495 e. The molecule has 0 radical (unpaired) electrons. The third kappa shape index (κ3) is 4.16. The molecule has 21 heavy (non-hydrogen) atoms. The molecular formula is C16H18N2O2S. The van der Waals surface area contributed by atoms with E-state index in [0.29, 0.717) is 17.1 Å². The fraction of sp³-hybridized carbons (Fsp3) is 0.188. The smallest absolute Gasteiger partial charge is 0.237 e. The van der Waals surface area contributed by atoms with Crippen LogP contribution in [-0.4, -0.2) is 18.3 Å². The van der Waals surface area contributed by atoms with Crippen LogP contribution >= 0.6 is 11.8 Å². The van der Waals surface area contributed by atoms with Crippen molar-refractivity contribution in [2.75, 3.05) is 18.2 Å². The molecule has 0 aliphatic rings. The second kappa shape index (κ2) is 7.04. The second-order valence-corrected chi connectivity index (χ2v) is 5.93. The quantitative estimate of drug-likeness (QED) is 0.656. The van der Waals surface area contributed by atoms with Crippen LogP contribution in [0.25, 0.3) is 0 Å². The lowest BCUT2D eigenvalue weighted by Crippen LogP contribution is -2.22. The molecule has 1 amide bonds. The second-order valence-electron chi connectivity index (χ2n) is 4.52. The molecule has 3 N–H and O–H groups in total. The van der Waals surface area contributed by atoms with Crippen LogP contribution in [0.15, 0.2) is 53.4 Å². The van der Waals surface area contributed by atoms with Crippen molar-refractivity contribution in [3.63, 3.8) is 0 Å². The van der Waals surface area contributed by atoms with Crippen molar-refractivity contribution in [3.8, 4) is 5.75 Å². The van der Waals surface area contributed by atoms with Crippen molar-refractivity contribution in [1.82, 2.24) is 0 Å². The molecule has 0 fully saturated rings. The van der Waals surface area contributed by atoms with Crippen molar-refractivity contribution in [2.24, 2.45) is 0 Å².